The Kier molecular flexibility index (Phi) is 3.50. The summed E-state index contributed by atoms with van der Waals surface area (Å²) in [6.07, 6.45) is -6.79. The maximum Gasteiger partial charge on any atom is 0.307 e. The number of carboxylic acids is 1. The number of carboxylic acid groups (broad SMARTS) is 1. The Morgan fingerprint density at radius 3 is 1.77 bits per heavy atom. The zero-order valence-electron chi connectivity index (χ0n) is 44.5. The summed E-state index contributed by atoms with van der Waals surface area (Å²) in [5, 5.41) is 9.17. The molecule has 0 fully saturated rings. The molecule has 168 valence electrons. The third-order valence-electron chi connectivity index (χ3n) is 2.08. The Bertz CT molecular complexity index is 1780. The van der Waals surface area contributed by atoms with Crippen LogP contribution in [0.5, 0.6) is 11.5 Å². The van der Waals surface area contributed by atoms with Gasteiger partial charge in [-0.05, 0) is 35.3 Å². The molecule has 30 heavy (non-hydrogen) atoms. The van der Waals surface area contributed by atoms with Crippen LogP contribution in [-0.2, 0) is 22.3 Å². The van der Waals surface area contributed by atoms with Crippen molar-refractivity contribution in [1.82, 2.24) is 4.90 Å². The molecule has 7 nitrogen and oxygen atoms in total. The van der Waals surface area contributed by atoms with Crippen molar-refractivity contribution in [2.75, 3.05) is 42.0 Å². The first-order valence-corrected chi connectivity index (χ1v) is 6.70. The molecule has 0 aliphatic carbocycles. The predicted molar refractivity (Wildman–Crippen MR) is 113 cm³/mol. The number of ether oxygens (including phenoxy) is 2. The van der Waals surface area contributed by atoms with Gasteiger partial charge >= 0.3 is 5.97 Å². The number of nitrogens with zero attached hydrogens (tertiary/aromatic N) is 1. The number of carbonyl (C=O) groups excluding carboxylic acids is 1. The van der Waals surface area contributed by atoms with E-state index in [1.807, 2.05) is 0 Å². The second-order valence-electron chi connectivity index (χ2n) is 3.95. The Morgan fingerprint density at radius 1 is 0.967 bits per heavy atom. The Hall–Kier alpha value is -2.77. The lowest BCUT2D eigenvalue weighted by atomic mass is 10.1. The molecule has 1 amide bonds. The number of hydrogen-bond donors (Lipinski definition) is 2. The van der Waals surface area contributed by atoms with Gasteiger partial charge < -0.3 is 37.2 Å². The van der Waals surface area contributed by atoms with Crippen molar-refractivity contribution in [2.24, 2.45) is 0 Å². The molecular formula is C22H33ClN2O5. The van der Waals surface area contributed by atoms with Gasteiger partial charge in [-0.3, -0.25) is 9.59 Å². The Morgan fingerprint density at radius 2 is 1.43 bits per heavy atom. The number of hydrogen-bond acceptors (Lipinski definition) is 4. The van der Waals surface area contributed by atoms with Gasteiger partial charge in [-0.2, -0.15) is 0 Å². The molecule has 0 atom stereocenters. The van der Waals surface area contributed by atoms with Crippen molar-refractivity contribution >= 4 is 11.9 Å². The number of quaternary nitrogens is 1. The van der Waals surface area contributed by atoms with E-state index in [9.17, 15) is 9.59 Å². The van der Waals surface area contributed by atoms with Crippen molar-refractivity contribution in [3.8, 4) is 11.5 Å². The smallest absolute Gasteiger partial charge is 0.307 e. The van der Waals surface area contributed by atoms with Crippen LogP contribution < -0.4 is 27.2 Å². The summed E-state index contributed by atoms with van der Waals surface area (Å²) in [4.78, 5) is 22.7. The predicted octanol–water partition coefficient (Wildman–Crippen LogP) is -1.54. The van der Waals surface area contributed by atoms with Crippen molar-refractivity contribution in [3.63, 3.8) is 0 Å². The maximum atomic E-state index is 12.5. The van der Waals surface area contributed by atoms with Gasteiger partial charge in [-0.25, -0.2) is 0 Å². The molecule has 0 radical (unpaired) electrons. The zero-order chi connectivity index (χ0) is 47.8. The summed E-state index contributed by atoms with van der Waals surface area (Å²) < 4.78 is 225. The molecule has 2 rings (SSSR count). The van der Waals surface area contributed by atoms with Gasteiger partial charge in [0, 0.05) is 27.7 Å². The second-order valence-corrected chi connectivity index (χ2v) is 3.95. The molecule has 0 aliphatic rings. The Labute approximate surface area is 227 Å². The summed E-state index contributed by atoms with van der Waals surface area (Å²) in [5.41, 5.74) is -2.27. The number of carbonyl (C=O) groups is 2. The normalized spacial score (nSPS) is 26.9. The largest absolute Gasteiger partial charge is 1.00 e. The highest BCUT2D eigenvalue weighted by Crippen LogP contribution is 2.12. The molecule has 8 heteroatoms. The fourth-order valence-electron chi connectivity index (χ4n) is 1.10. The average molecular weight is 471 g/mol. The van der Waals surface area contributed by atoms with E-state index in [1.54, 1.807) is 0 Å². The molecule has 2 aromatic rings. The number of rotatable bonds is 6. The summed E-state index contributed by atoms with van der Waals surface area (Å²) in [7, 11) is -6.20. The average Bonchev–Trinajstić information content (AvgIpc) is 2.95. The van der Waals surface area contributed by atoms with Crippen molar-refractivity contribution in [2.45, 2.75) is 12.7 Å². The third-order valence-corrected chi connectivity index (χ3v) is 2.08. The van der Waals surface area contributed by atoms with E-state index in [4.69, 9.17) is 46.2 Å². The quantitative estimate of drug-likeness (QED) is 0.534. The van der Waals surface area contributed by atoms with Crippen LogP contribution in [0.1, 0.15) is 52.2 Å². The number of nitrogens with two attached hydrogens (primary N) is 1. The summed E-state index contributed by atoms with van der Waals surface area (Å²) in [6.45, 7) is -12.1. The van der Waals surface area contributed by atoms with Gasteiger partial charge in [0.15, 0.2) is 0 Å². The molecule has 2 aromatic carbocycles. The number of likely N-dealkylation sites (N-methyl/N-ethyl adjacent to an activating group) is 1. The number of aliphatic carboxylic acids is 1. The third kappa shape index (κ3) is 13.4. The van der Waals surface area contributed by atoms with Crippen LogP contribution in [0.3, 0.4) is 0 Å². The van der Waals surface area contributed by atoms with Crippen LogP contribution in [0.15, 0.2) is 48.3 Å². The van der Waals surface area contributed by atoms with Crippen LogP contribution in [0.4, 0.5) is 0 Å². The fraction of sp³-hybridized carbons (Fsp3) is 0.364. The standard InChI is InChI=1S/C11H15NO2.C9H10O3.C2H7N.ClH/c1-12(2)11(13)8-9-4-6-10(14-3)7-5-9;1-12-8-4-2-7(3-5-8)6-9(10)11;1-3-2;/h4-7H,8H2,1-3H3;2-5H,6H2,1H3,(H,10,11);3H,1-2H3;1H/i1D3,2D3,3D3,4D,5D,6D,7D,8D2;1D3,2D,3D,4D,5D,6D2;1D3,2D3;. The monoisotopic (exact) mass is 470 g/mol. The lowest BCUT2D eigenvalue weighted by Gasteiger charge is -2.10. The number of halogens is 1. The molecular weight excluding hydrogens is 408 g/mol. The fourth-order valence-corrected chi connectivity index (χ4v) is 1.10. The Balaban J connectivity index is 0. The summed E-state index contributed by atoms with van der Waals surface area (Å²) in [5.74, 6) is -6.08. The lowest BCUT2D eigenvalue weighted by Crippen LogP contribution is -3.00. The van der Waals surface area contributed by atoms with E-state index < -0.39 is 142 Å². The maximum absolute atomic E-state index is 12.5. The number of amides is 1. The highest BCUT2D eigenvalue weighted by atomic mass is 35.5. The molecule has 0 bridgehead atoms. The van der Waals surface area contributed by atoms with Crippen LogP contribution in [0, 0.1) is 0 Å². The SMILES string of the molecule is [2H]C([2H])([2H])[NH2+]C([2H])([2H])[2H].[2H]c1c([2H])c(C([2H])([2H])C(=O)N(C([2H])([2H])[2H])C([2H])([2H])[2H])c([2H])c([2H])c1OC([2H])([2H])[2H].[2H]c1c([2H])c(C([2H])([2H])C(=O)O)c([2H])c([2H])c1OC([2H])([2H])[2H].[Cl-]. The molecule has 0 spiro atoms. The lowest BCUT2D eigenvalue weighted by molar-refractivity contribution is -0.597. The first-order valence-electron chi connectivity index (χ1n) is 21.7. The van der Waals surface area contributed by atoms with Crippen LogP contribution in [-0.4, -0.2) is 63.9 Å². The van der Waals surface area contributed by atoms with E-state index in [0.29, 0.717) is 5.32 Å². The van der Waals surface area contributed by atoms with Gasteiger partial charge in [0.2, 0.25) is 5.91 Å². The van der Waals surface area contributed by atoms with Crippen LogP contribution >= 0.6 is 0 Å². The van der Waals surface area contributed by atoms with Crippen molar-refractivity contribution in [1.29, 1.82) is 0 Å². The minimum atomic E-state index is -3.62. The van der Waals surface area contributed by atoms with Gasteiger partial charge in [-0.1, -0.05) is 24.2 Å². The van der Waals surface area contributed by atoms with E-state index >= 15 is 0 Å². The van der Waals surface area contributed by atoms with Gasteiger partial charge in [0.1, 0.15) is 11.5 Å². The van der Waals surface area contributed by atoms with Gasteiger partial charge in [0.05, 0.1) is 68.2 Å². The summed E-state index contributed by atoms with van der Waals surface area (Å²) in [6, 6.07) is -8.73. The van der Waals surface area contributed by atoms with Crippen molar-refractivity contribution in [3.05, 3.63) is 59.5 Å². The molecule has 0 unspecified atom stereocenters. The summed E-state index contributed by atoms with van der Waals surface area (Å²) >= 11 is 0. The molecule has 3 N–H and O–H groups in total. The second kappa shape index (κ2) is 17.1. The minimum Gasteiger partial charge on any atom is -1.00 e. The van der Waals surface area contributed by atoms with Gasteiger partial charge in [0.25, 0.3) is 0 Å². The van der Waals surface area contributed by atoms with Gasteiger partial charge in [-0.15, -0.1) is 0 Å². The molecule has 0 heterocycles. The highest BCUT2D eigenvalue weighted by Gasteiger charge is 2.05. The topological polar surface area (TPSA) is 92.7 Å². The number of methoxy groups -OCH3 is 2. The first-order chi connectivity index (χ1) is 25.6. The molecule has 0 aromatic heterocycles. The van der Waals surface area contributed by atoms with E-state index in [2.05, 4.69) is 9.47 Å². The van der Waals surface area contributed by atoms with E-state index in [-0.39, 0.29) is 12.4 Å². The zero-order valence-corrected chi connectivity index (χ0v) is 15.2. The molecule has 0 aliphatic heterocycles. The van der Waals surface area contributed by atoms with Crippen LogP contribution in [0.2, 0.25) is 0 Å². The van der Waals surface area contributed by atoms with E-state index in [1.165, 1.54) is 0 Å². The van der Waals surface area contributed by atoms with Crippen molar-refractivity contribution < 1.29 is 83.0 Å². The highest BCUT2D eigenvalue weighted by molar-refractivity contribution is 5.78. The molecule has 0 saturated heterocycles. The molecule has 0 saturated carbocycles. The van der Waals surface area contributed by atoms with E-state index in [0.717, 1.165) is 0 Å². The van der Waals surface area contributed by atoms with Crippen LogP contribution in [0.25, 0.3) is 0 Å². The minimum absolute atomic E-state index is 0. The number of benzene rings is 2. The first kappa shape index (κ1) is 6.14.